The fourth-order valence-corrected chi connectivity index (χ4v) is 1.65. The van der Waals surface area contributed by atoms with Gasteiger partial charge in [-0.2, -0.15) is 0 Å². The van der Waals surface area contributed by atoms with Crippen LogP contribution in [0.15, 0.2) is 0 Å². The van der Waals surface area contributed by atoms with Gasteiger partial charge >= 0.3 is 0 Å². The van der Waals surface area contributed by atoms with Crippen LogP contribution in [0.1, 0.15) is 27.2 Å². The van der Waals surface area contributed by atoms with E-state index in [0.29, 0.717) is 6.54 Å². The van der Waals surface area contributed by atoms with Crippen LogP contribution in [0, 0.1) is 0 Å². The lowest BCUT2D eigenvalue weighted by atomic mass is 9.96. The molecule has 13 heavy (non-hydrogen) atoms. The Hall–Kier alpha value is -0.220. The third-order valence-electron chi connectivity index (χ3n) is 2.39. The monoisotopic (exact) mass is 192 g/mol. The molecular formula is C9H18F2N2. The summed E-state index contributed by atoms with van der Waals surface area (Å²) >= 11 is 0. The lowest BCUT2D eigenvalue weighted by molar-refractivity contribution is -0.0925. The van der Waals surface area contributed by atoms with Crippen molar-refractivity contribution in [3.8, 4) is 0 Å². The van der Waals surface area contributed by atoms with E-state index >= 15 is 0 Å². The number of nitrogens with two attached hydrogens (primary N) is 1. The Morgan fingerprint density at radius 1 is 1.38 bits per heavy atom. The molecule has 1 fully saturated rings. The minimum absolute atomic E-state index is 0.163. The van der Waals surface area contributed by atoms with E-state index in [2.05, 4.69) is 0 Å². The van der Waals surface area contributed by atoms with Crippen molar-refractivity contribution in [3.05, 3.63) is 0 Å². The third-order valence-corrected chi connectivity index (χ3v) is 2.39. The maximum Gasteiger partial charge on any atom is 0.262 e. The molecule has 0 aliphatic carbocycles. The highest BCUT2D eigenvalue weighted by Gasteiger charge is 2.42. The fourth-order valence-electron chi connectivity index (χ4n) is 1.65. The average Bonchev–Trinajstić information content (AvgIpc) is 1.79. The fraction of sp³-hybridized carbons (Fsp3) is 1.00. The quantitative estimate of drug-likeness (QED) is 0.629. The summed E-state index contributed by atoms with van der Waals surface area (Å²) in [6.07, 6.45) is -0.181. The minimum Gasteiger partial charge on any atom is -0.326 e. The second-order valence-electron chi connectivity index (χ2n) is 4.87. The van der Waals surface area contributed by atoms with E-state index < -0.39 is 12.0 Å². The SMILES string of the molecule is CC(C)(C)N1CC(N)CC(F)(F)C1. The van der Waals surface area contributed by atoms with E-state index in [1.165, 1.54) is 0 Å². The van der Waals surface area contributed by atoms with Crippen molar-refractivity contribution in [2.75, 3.05) is 13.1 Å². The van der Waals surface area contributed by atoms with Crippen LogP contribution in [-0.2, 0) is 0 Å². The van der Waals surface area contributed by atoms with Gasteiger partial charge in [-0.25, -0.2) is 8.78 Å². The highest BCUT2D eigenvalue weighted by molar-refractivity contribution is 4.91. The molecule has 1 atom stereocenters. The molecule has 1 heterocycles. The van der Waals surface area contributed by atoms with Gasteiger partial charge in [0, 0.05) is 24.5 Å². The van der Waals surface area contributed by atoms with Crippen LogP contribution < -0.4 is 5.73 Å². The summed E-state index contributed by atoms with van der Waals surface area (Å²) in [6, 6.07) is -0.400. The molecule has 1 rings (SSSR count). The first-order chi connectivity index (χ1) is 5.71. The first kappa shape index (κ1) is 10.9. The molecule has 1 aliphatic rings. The molecule has 1 aliphatic heterocycles. The first-order valence-corrected chi connectivity index (χ1v) is 4.59. The van der Waals surface area contributed by atoms with E-state index in [9.17, 15) is 8.78 Å². The Morgan fingerprint density at radius 2 is 1.92 bits per heavy atom. The molecule has 4 heteroatoms. The van der Waals surface area contributed by atoms with Gasteiger partial charge in [0.15, 0.2) is 0 Å². The number of hydrogen-bond donors (Lipinski definition) is 1. The molecule has 0 radical (unpaired) electrons. The van der Waals surface area contributed by atoms with Crippen LogP contribution >= 0.6 is 0 Å². The van der Waals surface area contributed by atoms with Crippen molar-refractivity contribution >= 4 is 0 Å². The van der Waals surface area contributed by atoms with Gasteiger partial charge in [0.25, 0.3) is 5.92 Å². The molecule has 2 nitrogen and oxygen atoms in total. The molecule has 0 spiro atoms. The predicted octanol–water partition coefficient (Wildman–Crippen LogP) is 1.45. The summed E-state index contributed by atoms with van der Waals surface area (Å²) in [5.41, 5.74) is 5.36. The standard InChI is InChI=1S/C9H18F2N2/c1-8(2,3)13-5-7(12)4-9(10,11)6-13/h7H,4-6,12H2,1-3H3. The number of likely N-dealkylation sites (tertiary alicyclic amines) is 1. The zero-order chi connectivity index (χ0) is 10.3. The molecule has 78 valence electrons. The maximum absolute atomic E-state index is 13.1. The van der Waals surface area contributed by atoms with Crippen LogP contribution in [0.4, 0.5) is 8.78 Å². The van der Waals surface area contributed by atoms with Crippen molar-refractivity contribution < 1.29 is 8.78 Å². The zero-order valence-corrected chi connectivity index (χ0v) is 8.48. The van der Waals surface area contributed by atoms with E-state index in [0.717, 1.165) is 0 Å². The topological polar surface area (TPSA) is 29.3 Å². The summed E-state index contributed by atoms with van der Waals surface area (Å²) in [4.78, 5) is 1.75. The molecule has 0 saturated carbocycles. The molecule has 0 amide bonds. The second kappa shape index (κ2) is 3.17. The number of halogens is 2. The van der Waals surface area contributed by atoms with Crippen LogP contribution in [0.3, 0.4) is 0 Å². The van der Waals surface area contributed by atoms with Crippen molar-refractivity contribution in [2.45, 2.75) is 44.7 Å². The van der Waals surface area contributed by atoms with Gasteiger partial charge in [0.1, 0.15) is 0 Å². The second-order valence-corrected chi connectivity index (χ2v) is 4.87. The molecule has 0 aromatic heterocycles. The van der Waals surface area contributed by atoms with E-state index in [4.69, 9.17) is 5.73 Å². The van der Waals surface area contributed by atoms with Gasteiger partial charge in [0.05, 0.1) is 6.54 Å². The van der Waals surface area contributed by atoms with Crippen LogP contribution in [0.5, 0.6) is 0 Å². The molecule has 0 aromatic rings. The lowest BCUT2D eigenvalue weighted by Gasteiger charge is -2.43. The zero-order valence-electron chi connectivity index (χ0n) is 8.48. The van der Waals surface area contributed by atoms with E-state index in [1.54, 1.807) is 4.90 Å². The molecular weight excluding hydrogens is 174 g/mol. The normalized spacial score (nSPS) is 30.5. The molecule has 0 aromatic carbocycles. The van der Waals surface area contributed by atoms with Crippen LogP contribution in [-0.4, -0.2) is 35.5 Å². The number of piperidine rings is 1. The highest BCUT2D eigenvalue weighted by atomic mass is 19.3. The smallest absolute Gasteiger partial charge is 0.262 e. The summed E-state index contributed by atoms with van der Waals surface area (Å²) in [5, 5.41) is 0. The van der Waals surface area contributed by atoms with E-state index in [1.807, 2.05) is 20.8 Å². The highest BCUT2D eigenvalue weighted by Crippen LogP contribution is 2.29. The molecule has 0 bridgehead atoms. The van der Waals surface area contributed by atoms with Gasteiger partial charge in [-0.1, -0.05) is 0 Å². The Balaban J connectivity index is 2.69. The van der Waals surface area contributed by atoms with Gasteiger partial charge in [-0.05, 0) is 20.8 Å². The van der Waals surface area contributed by atoms with Crippen LogP contribution in [0.2, 0.25) is 0 Å². The minimum atomic E-state index is -2.62. The number of rotatable bonds is 0. The Labute approximate surface area is 78.1 Å². The van der Waals surface area contributed by atoms with Crippen LogP contribution in [0.25, 0.3) is 0 Å². The third kappa shape index (κ3) is 2.88. The van der Waals surface area contributed by atoms with E-state index in [-0.39, 0.29) is 18.5 Å². The number of nitrogens with zero attached hydrogens (tertiary/aromatic N) is 1. The molecule has 1 unspecified atom stereocenters. The molecule has 2 N–H and O–H groups in total. The Morgan fingerprint density at radius 3 is 2.31 bits per heavy atom. The summed E-state index contributed by atoms with van der Waals surface area (Å²) in [7, 11) is 0. The number of hydrogen-bond acceptors (Lipinski definition) is 2. The summed E-state index contributed by atoms with van der Waals surface area (Å²) in [5.74, 6) is -2.62. The summed E-state index contributed by atoms with van der Waals surface area (Å²) < 4.78 is 26.2. The molecule has 1 saturated heterocycles. The summed E-state index contributed by atoms with van der Waals surface area (Å²) in [6.45, 7) is 6.20. The van der Waals surface area contributed by atoms with Crippen molar-refractivity contribution in [3.63, 3.8) is 0 Å². The average molecular weight is 192 g/mol. The van der Waals surface area contributed by atoms with Gasteiger partial charge in [0.2, 0.25) is 0 Å². The Bertz CT molecular complexity index is 187. The van der Waals surface area contributed by atoms with Gasteiger partial charge in [-0.3, -0.25) is 4.90 Å². The van der Waals surface area contributed by atoms with Crippen molar-refractivity contribution in [1.82, 2.24) is 4.90 Å². The van der Waals surface area contributed by atoms with Crippen molar-refractivity contribution in [1.29, 1.82) is 0 Å². The Kier molecular flexibility index (Phi) is 2.65. The van der Waals surface area contributed by atoms with Gasteiger partial charge < -0.3 is 5.73 Å². The maximum atomic E-state index is 13.1. The van der Waals surface area contributed by atoms with Crippen molar-refractivity contribution in [2.24, 2.45) is 5.73 Å². The lowest BCUT2D eigenvalue weighted by Crippen LogP contribution is -2.58. The largest absolute Gasteiger partial charge is 0.326 e. The van der Waals surface area contributed by atoms with Gasteiger partial charge in [-0.15, -0.1) is 0 Å². The number of alkyl halides is 2. The first-order valence-electron chi connectivity index (χ1n) is 4.59. The predicted molar refractivity (Wildman–Crippen MR) is 48.9 cm³/mol.